The van der Waals surface area contributed by atoms with Crippen LogP contribution in [0.3, 0.4) is 0 Å². The first-order valence-electron chi connectivity index (χ1n) is 7.30. The maximum absolute atomic E-state index is 12.3. The van der Waals surface area contributed by atoms with Crippen molar-refractivity contribution in [2.45, 2.75) is 6.10 Å². The molecule has 0 unspecified atom stereocenters. The van der Waals surface area contributed by atoms with Gasteiger partial charge < -0.3 is 14.4 Å². The molecule has 114 valence electrons. The molecule has 5 nitrogen and oxygen atoms in total. The normalized spacial score (nSPS) is 18.0. The Bertz CT molecular complexity index is 604. The lowest BCUT2D eigenvalue weighted by Crippen LogP contribution is -2.44. The minimum atomic E-state index is -0.0996. The van der Waals surface area contributed by atoms with E-state index in [1.807, 2.05) is 42.5 Å². The van der Waals surface area contributed by atoms with E-state index >= 15 is 0 Å². The molecule has 22 heavy (non-hydrogen) atoms. The van der Waals surface area contributed by atoms with Crippen molar-refractivity contribution in [3.8, 4) is 5.75 Å². The molecule has 1 aromatic carbocycles. The third-order valence-corrected chi connectivity index (χ3v) is 3.60. The molecule has 2 aromatic rings. The SMILES string of the molecule is O=C(COc1ccccc1)N1CCO[C@@H](c2ccncc2)C1. The average molecular weight is 298 g/mol. The third-order valence-electron chi connectivity index (χ3n) is 3.60. The summed E-state index contributed by atoms with van der Waals surface area (Å²) in [6, 6.07) is 13.2. The van der Waals surface area contributed by atoms with E-state index in [1.165, 1.54) is 0 Å². The zero-order valence-corrected chi connectivity index (χ0v) is 12.2. The van der Waals surface area contributed by atoms with E-state index in [-0.39, 0.29) is 18.6 Å². The van der Waals surface area contributed by atoms with Crippen molar-refractivity contribution in [1.82, 2.24) is 9.88 Å². The van der Waals surface area contributed by atoms with Gasteiger partial charge in [0.1, 0.15) is 11.9 Å². The van der Waals surface area contributed by atoms with Crippen LogP contribution in [0.2, 0.25) is 0 Å². The Morgan fingerprint density at radius 3 is 2.77 bits per heavy atom. The van der Waals surface area contributed by atoms with Gasteiger partial charge in [-0.2, -0.15) is 0 Å². The van der Waals surface area contributed by atoms with Crippen molar-refractivity contribution in [1.29, 1.82) is 0 Å². The summed E-state index contributed by atoms with van der Waals surface area (Å²) in [5.41, 5.74) is 1.04. The maximum Gasteiger partial charge on any atom is 0.260 e. The monoisotopic (exact) mass is 298 g/mol. The minimum absolute atomic E-state index is 0.0220. The minimum Gasteiger partial charge on any atom is -0.484 e. The maximum atomic E-state index is 12.3. The highest BCUT2D eigenvalue weighted by atomic mass is 16.5. The number of amides is 1. The third kappa shape index (κ3) is 3.62. The molecule has 1 aliphatic heterocycles. The van der Waals surface area contributed by atoms with Gasteiger partial charge in [-0.1, -0.05) is 18.2 Å². The topological polar surface area (TPSA) is 51.7 Å². The second kappa shape index (κ2) is 7.04. The highest BCUT2D eigenvalue weighted by molar-refractivity contribution is 5.78. The largest absolute Gasteiger partial charge is 0.484 e. The molecule has 3 rings (SSSR count). The molecular formula is C17H18N2O3. The Kier molecular flexibility index (Phi) is 4.65. The van der Waals surface area contributed by atoms with Gasteiger partial charge in [0.15, 0.2) is 6.61 Å². The van der Waals surface area contributed by atoms with Gasteiger partial charge in [0.05, 0.1) is 13.2 Å². The summed E-state index contributed by atoms with van der Waals surface area (Å²) in [6.07, 6.45) is 3.37. The van der Waals surface area contributed by atoms with Crippen molar-refractivity contribution >= 4 is 5.91 Å². The molecule has 1 fully saturated rings. The summed E-state index contributed by atoms with van der Waals surface area (Å²) in [5, 5.41) is 0. The molecule has 2 heterocycles. The number of nitrogens with zero attached hydrogens (tertiary/aromatic N) is 2. The van der Waals surface area contributed by atoms with Crippen LogP contribution in [0.4, 0.5) is 0 Å². The number of morpholine rings is 1. The Hall–Kier alpha value is -2.40. The second-order valence-electron chi connectivity index (χ2n) is 5.08. The number of para-hydroxylation sites is 1. The Labute approximate surface area is 129 Å². The summed E-state index contributed by atoms with van der Waals surface area (Å²) in [5.74, 6) is 0.681. The van der Waals surface area contributed by atoms with Crippen LogP contribution < -0.4 is 4.74 Å². The second-order valence-corrected chi connectivity index (χ2v) is 5.08. The number of carbonyl (C=O) groups is 1. The Balaban J connectivity index is 1.56. The van der Waals surface area contributed by atoms with Crippen molar-refractivity contribution in [3.63, 3.8) is 0 Å². The number of ether oxygens (including phenoxy) is 2. The first-order chi connectivity index (χ1) is 10.8. The molecule has 0 spiro atoms. The fourth-order valence-electron chi connectivity index (χ4n) is 2.41. The van der Waals surface area contributed by atoms with Crippen LogP contribution in [-0.4, -0.2) is 42.1 Å². The lowest BCUT2D eigenvalue weighted by Gasteiger charge is -2.33. The van der Waals surface area contributed by atoms with Crippen molar-refractivity contribution < 1.29 is 14.3 Å². The predicted molar refractivity (Wildman–Crippen MR) is 81.4 cm³/mol. The summed E-state index contributed by atoms with van der Waals surface area (Å²) in [6.45, 7) is 1.72. The Morgan fingerprint density at radius 1 is 1.23 bits per heavy atom. The molecule has 1 atom stereocenters. The molecule has 1 aromatic heterocycles. The lowest BCUT2D eigenvalue weighted by molar-refractivity contribution is -0.141. The number of hydrogen-bond donors (Lipinski definition) is 0. The number of rotatable bonds is 4. The van der Waals surface area contributed by atoms with Crippen LogP contribution in [0.1, 0.15) is 11.7 Å². The van der Waals surface area contributed by atoms with Crippen molar-refractivity contribution in [2.24, 2.45) is 0 Å². The van der Waals surface area contributed by atoms with Crippen molar-refractivity contribution in [3.05, 3.63) is 60.4 Å². The summed E-state index contributed by atoms with van der Waals surface area (Å²) >= 11 is 0. The van der Waals surface area contributed by atoms with E-state index < -0.39 is 0 Å². The van der Waals surface area contributed by atoms with Gasteiger partial charge in [0, 0.05) is 18.9 Å². The van der Waals surface area contributed by atoms with Gasteiger partial charge in [-0.15, -0.1) is 0 Å². The molecule has 1 amide bonds. The first-order valence-corrected chi connectivity index (χ1v) is 7.30. The van der Waals surface area contributed by atoms with Gasteiger partial charge in [0.25, 0.3) is 5.91 Å². The average Bonchev–Trinajstić information content (AvgIpc) is 2.61. The zero-order valence-electron chi connectivity index (χ0n) is 12.2. The standard InChI is InChI=1S/C17H18N2O3/c20-17(13-22-15-4-2-1-3-5-15)19-10-11-21-16(12-19)14-6-8-18-9-7-14/h1-9,16H,10-13H2/t16-/m1/s1. The summed E-state index contributed by atoms with van der Waals surface area (Å²) < 4.78 is 11.3. The Morgan fingerprint density at radius 2 is 2.00 bits per heavy atom. The van der Waals surface area contributed by atoms with Gasteiger partial charge in [0.2, 0.25) is 0 Å². The highest BCUT2D eigenvalue weighted by Gasteiger charge is 2.25. The van der Waals surface area contributed by atoms with E-state index in [9.17, 15) is 4.79 Å². The molecule has 0 aliphatic carbocycles. The van der Waals surface area contributed by atoms with Gasteiger partial charge >= 0.3 is 0 Å². The number of aromatic nitrogens is 1. The van der Waals surface area contributed by atoms with Gasteiger partial charge in [-0.05, 0) is 29.8 Å². The molecular weight excluding hydrogens is 280 g/mol. The number of carbonyl (C=O) groups excluding carboxylic acids is 1. The zero-order chi connectivity index (χ0) is 15.2. The van der Waals surface area contributed by atoms with E-state index in [4.69, 9.17) is 9.47 Å². The van der Waals surface area contributed by atoms with Gasteiger partial charge in [-0.3, -0.25) is 9.78 Å². The quantitative estimate of drug-likeness (QED) is 0.867. The van der Waals surface area contributed by atoms with Crippen LogP contribution in [0, 0.1) is 0 Å². The molecule has 0 radical (unpaired) electrons. The van der Waals surface area contributed by atoms with Crippen LogP contribution in [0.5, 0.6) is 5.75 Å². The first kappa shape index (κ1) is 14.5. The smallest absolute Gasteiger partial charge is 0.260 e. The van der Waals surface area contributed by atoms with E-state index in [0.717, 1.165) is 5.56 Å². The predicted octanol–water partition coefficient (Wildman–Crippen LogP) is 2.06. The van der Waals surface area contributed by atoms with Crippen LogP contribution in [-0.2, 0) is 9.53 Å². The van der Waals surface area contributed by atoms with Crippen LogP contribution in [0.15, 0.2) is 54.9 Å². The van der Waals surface area contributed by atoms with Crippen LogP contribution >= 0.6 is 0 Å². The molecule has 1 aliphatic rings. The molecule has 1 saturated heterocycles. The molecule has 5 heteroatoms. The summed E-state index contributed by atoms with van der Waals surface area (Å²) in [4.78, 5) is 18.1. The number of benzene rings is 1. The molecule has 0 saturated carbocycles. The van der Waals surface area contributed by atoms with Crippen molar-refractivity contribution in [2.75, 3.05) is 26.3 Å². The number of pyridine rings is 1. The lowest BCUT2D eigenvalue weighted by atomic mass is 10.1. The van der Waals surface area contributed by atoms with E-state index in [2.05, 4.69) is 4.98 Å². The van der Waals surface area contributed by atoms with Crippen LogP contribution in [0.25, 0.3) is 0 Å². The van der Waals surface area contributed by atoms with E-state index in [0.29, 0.717) is 25.4 Å². The van der Waals surface area contributed by atoms with Gasteiger partial charge in [-0.25, -0.2) is 0 Å². The molecule has 0 N–H and O–H groups in total. The molecule has 0 bridgehead atoms. The van der Waals surface area contributed by atoms with E-state index in [1.54, 1.807) is 17.3 Å². The number of hydrogen-bond acceptors (Lipinski definition) is 4. The summed E-state index contributed by atoms with van der Waals surface area (Å²) in [7, 11) is 0. The fourth-order valence-corrected chi connectivity index (χ4v) is 2.41. The fraction of sp³-hybridized carbons (Fsp3) is 0.294. The highest BCUT2D eigenvalue weighted by Crippen LogP contribution is 2.21.